The predicted octanol–water partition coefficient (Wildman–Crippen LogP) is 8.70. The second kappa shape index (κ2) is 12.5. The van der Waals surface area contributed by atoms with E-state index in [0.717, 1.165) is 32.1 Å². The maximum atomic E-state index is 4.66. The monoisotopic (exact) mass is 499 g/mol. The lowest BCUT2D eigenvalue weighted by Gasteiger charge is -2.35. The Morgan fingerprint density at radius 3 is 2.49 bits per heavy atom. The lowest BCUT2D eigenvalue weighted by molar-refractivity contribution is 0.172. The maximum absolute atomic E-state index is 4.66. The number of nitrogens with zero attached hydrogens (tertiary/aromatic N) is 3. The number of hydrogen-bond donors (Lipinski definition) is 0. The quantitative estimate of drug-likeness (QED) is 0.369. The van der Waals surface area contributed by atoms with Gasteiger partial charge in [-0.05, 0) is 124 Å². The SMILES string of the molecule is CCCC(/C1=C/CCC2CC(=NC=N2)/C(C)=C\1)=C(\c1cc(C2CCN(C(C)C)CC2)ccc1C)C(C)C. The van der Waals surface area contributed by atoms with Crippen molar-refractivity contribution in [3.63, 3.8) is 0 Å². The number of rotatable bonds is 7. The molecule has 2 heterocycles. The Morgan fingerprint density at radius 2 is 1.81 bits per heavy atom. The summed E-state index contributed by atoms with van der Waals surface area (Å²) < 4.78 is 0. The first-order valence-corrected chi connectivity index (χ1v) is 14.8. The molecule has 0 radical (unpaired) electrons. The fourth-order valence-corrected chi connectivity index (χ4v) is 6.42. The van der Waals surface area contributed by atoms with E-state index >= 15 is 0 Å². The van der Waals surface area contributed by atoms with Crippen molar-refractivity contribution >= 4 is 17.6 Å². The second-order valence-electron chi connectivity index (χ2n) is 12.0. The maximum Gasteiger partial charge on any atom is 0.110 e. The summed E-state index contributed by atoms with van der Waals surface area (Å²) >= 11 is 0. The summed E-state index contributed by atoms with van der Waals surface area (Å²) in [5.41, 5.74) is 11.4. The molecule has 2 aliphatic heterocycles. The van der Waals surface area contributed by atoms with E-state index < -0.39 is 0 Å². The summed E-state index contributed by atoms with van der Waals surface area (Å²) in [5, 5.41) is 0. The first-order chi connectivity index (χ1) is 17.8. The Kier molecular flexibility index (Phi) is 9.40. The third kappa shape index (κ3) is 6.60. The molecule has 1 aromatic rings. The third-order valence-electron chi connectivity index (χ3n) is 8.65. The van der Waals surface area contributed by atoms with Crippen LogP contribution in [0.3, 0.4) is 0 Å². The molecule has 3 aliphatic rings. The average molecular weight is 500 g/mol. The number of allylic oxidation sites excluding steroid dienone is 6. The summed E-state index contributed by atoms with van der Waals surface area (Å²) in [6.07, 6.45) is 14.6. The van der Waals surface area contributed by atoms with Gasteiger partial charge in [0.05, 0.1) is 6.04 Å². The molecule has 0 N–H and O–H groups in total. The van der Waals surface area contributed by atoms with Crippen LogP contribution < -0.4 is 0 Å². The van der Waals surface area contributed by atoms with Crippen LogP contribution in [0.2, 0.25) is 0 Å². The number of likely N-dealkylation sites (tertiary alicyclic amines) is 1. The summed E-state index contributed by atoms with van der Waals surface area (Å²) in [6.45, 7) is 18.7. The van der Waals surface area contributed by atoms with E-state index in [1.807, 2.05) is 0 Å². The van der Waals surface area contributed by atoms with Gasteiger partial charge in [0, 0.05) is 18.2 Å². The fourth-order valence-electron chi connectivity index (χ4n) is 6.42. The van der Waals surface area contributed by atoms with Crippen LogP contribution in [0.1, 0.15) is 109 Å². The molecule has 0 amide bonds. The molecular weight excluding hydrogens is 450 g/mol. The van der Waals surface area contributed by atoms with Gasteiger partial charge in [0.15, 0.2) is 0 Å². The van der Waals surface area contributed by atoms with E-state index in [1.165, 1.54) is 70.6 Å². The van der Waals surface area contributed by atoms with Crippen LogP contribution in [0.15, 0.2) is 57.1 Å². The predicted molar refractivity (Wildman–Crippen MR) is 162 cm³/mol. The Labute approximate surface area is 226 Å². The van der Waals surface area contributed by atoms with Crippen LogP contribution in [0.25, 0.3) is 5.57 Å². The molecular formula is C34H49N3. The number of piperidine rings is 1. The third-order valence-corrected chi connectivity index (χ3v) is 8.65. The Hall–Kier alpha value is -2.26. The van der Waals surface area contributed by atoms with E-state index in [0.29, 0.717) is 23.9 Å². The first-order valence-electron chi connectivity index (χ1n) is 14.8. The largest absolute Gasteiger partial charge is 0.301 e. The van der Waals surface area contributed by atoms with Gasteiger partial charge in [0.2, 0.25) is 0 Å². The van der Waals surface area contributed by atoms with E-state index in [2.05, 4.69) is 93.7 Å². The molecule has 1 aliphatic carbocycles. The number of benzene rings is 1. The minimum absolute atomic E-state index is 0.371. The Bertz CT molecular complexity index is 1100. The van der Waals surface area contributed by atoms with Crippen molar-refractivity contribution in [1.29, 1.82) is 0 Å². The topological polar surface area (TPSA) is 28.0 Å². The van der Waals surface area contributed by atoms with Crippen LogP contribution in [0, 0.1) is 12.8 Å². The molecule has 3 heteroatoms. The minimum Gasteiger partial charge on any atom is -0.301 e. The molecule has 0 aromatic heterocycles. The van der Waals surface area contributed by atoms with E-state index in [1.54, 1.807) is 6.34 Å². The van der Waals surface area contributed by atoms with Crippen molar-refractivity contribution < 1.29 is 0 Å². The van der Waals surface area contributed by atoms with Crippen LogP contribution in [-0.2, 0) is 0 Å². The molecule has 200 valence electrons. The van der Waals surface area contributed by atoms with Gasteiger partial charge in [-0.2, -0.15) is 0 Å². The van der Waals surface area contributed by atoms with Crippen molar-refractivity contribution in [2.75, 3.05) is 13.1 Å². The van der Waals surface area contributed by atoms with Crippen LogP contribution >= 0.6 is 0 Å². The molecule has 2 bridgehead atoms. The fraction of sp³-hybridized carbons (Fsp3) is 0.588. The van der Waals surface area contributed by atoms with E-state index in [-0.39, 0.29) is 0 Å². The molecule has 37 heavy (non-hydrogen) atoms. The number of aliphatic imine (C=N–C) groups is 2. The normalized spacial score (nSPS) is 25.0. The van der Waals surface area contributed by atoms with Crippen molar-refractivity contribution in [1.82, 2.24) is 4.90 Å². The van der Waals surface area contributed by atoms with Gasteiger partial charge in [-0.3, -0.25) is 4.99 Å². The minimum atomic E-state index is 0.371. The highest BCUT2D eigenvalue weighted by Gasteiger charge is 2.25. The molecule has 3 nitrogen and oxygen atoms in total. The van der Waals surface area contributed by atoms with Gasteiger partial charge in [-0.15, -0.1) is 0 Å². The van der Waals surface area contributed by atoms with Gasteiger partial charge in [-0.25, -0.2) is 4.99 Å². The molecule has 0 spiro atoms. The highest BCUT2D eigenvalue weighted by Crippen LogP contribution is 2.39. The molecule has 0 saturated carbocycles. The zero-order valence-electron chi connectivity index (χ0n) is 24.5. The van der Waals surface area contributed by atoms with Gasteiger partial charge in [0.25, 0.3) is 0 Å². The Balaban J connectivity index is 1.77. The number of aryl methyl sites for hydroxylation is 1. The van der Waals surface area contributed by atoms with Crippen molar-refractivity contribution in [2.24, 2.45) is 15.9 Å². The highest BCUT2D eigenvalue weighted by atomic mass is 15.1. The summed E-state index contributed by atoms with van der Waals surface area (Å²) in [5.74, 6) is 1.13. The Morgan fingerprint density at radius 1 is 1.05 bits per heavy atom. The summed E-state index contributed by atoms with van der Waals surface area (Å²) in [4.78, 5) is 11.9. The second-order valence-corrected chi connectivity index (χ2v) is 12.0. The van der Waals surface area contributed by atoms with Crippen molar-refractivity contribution in [3.8, 4) is 0 Å². The molecule has 1 fully saturated rings. The van der Waals surface area contributed by atoms with Crippen LogP contribution in [-0.4, -0.2) is 42.1 Å². The molecule has 1 atom stereocenters. The molecule has 1 saturated heterocycles. The summed E-state index contributed by atoms with van der Waals surface area (Å²) in [6, 6.07) is 8.38. The number of hydrogen-bond acceptors (Lipinski definition) is 3. The van der Waals surface area contributed by atoms with Gasteiger partial charge in [0.1, 0.15) is 6.34 Å². The zero-order chi connectivity index (χ0) is 26.5. The molecule has 1 unspecified atom stereocenters. The molecule has 1 aromatic carbocycles. The smallest absolute Gasteiger partial charge is 0.110 e. The van der Waals surface area contributed by atoms with E-state index in [4.69, 9.17) is 0 Å². The average Bonchev–Trinajstić information content (AvgIpc) is 2.93. The molecule has 4 rings (SSSR count). The van der Waals surface area contributed by atoms with Crippen molar-refractivity contribution in [2.45, 2.75) is 111 Å². The zero-order valence-corrected chi connectivity index (χ0v) is 24.5. The van der Waals surface area contributed by atoms with Gasteiger partial charge < -0.3 is 4.90 Å². The van der Waals surface area contributed by atoms with Crippen LogP contribution in [0.5, 0.6) is 0 Å². The van der Waals surface area contributed by atoms with Gasteiger partial charge in [-0.1, -0.05) is 57.5 Å². The van der Waals surface area contributed by atoms with Crippen molar-refractivity contribution in [3.05, 3.63) is 63.8 Å². The van der Waals surface area contributed by atoms with E-state index in [9.17, 15) is 0 Å². The van der Waals surface area contributed by atoms with Gasteiger partial charge >= 0.3 is 0 Å². The first kappa shape index (κ1) is 27.8. The highest BCUT2D eigenvalue weighted by molar-refractivity contribution is 6.05. The standard InChI is InChI=1S/C34H49N3/c1-8-10-31(29-11-9-12-30-21-33(26(7)19-29)36-22-35-30)34(23(2)3)32-20-28(14-13-25(32)6)27-15-17-37(18-16-27)24(4)5/h11,13-14,19-20,22-24,27,30H,8-10,12,15-18,21H2,1-7H3/b26-19-,29-11+,34-31+. The lowest BCUT2D eigenvalue weighted by Crippen LogP contribution is -2.37. The van der Waals surface area contributed by atoms with Crippen LogP contribution in [0.4, 0.5) is 0 Å². The summed E-state index contributed by atoms with van der Waals surface area (Å²) in [7, 11) is 0. The lowest BCUT2D eigenvalue weighted by atomic mass is 9.80. The number of fused-ring (bicyclic) bond motifs is 2.